The minimum absolute atomic E-state index is 0.0295. The molecule has 0 spiro atoms. The summed E-state index contributed by atoms with van der Waals surface area (Å²) in [6.07, 6.45) is 2.23. The highest BCUT2D eigenvalue weighted by molar-refractivity contribution is 7.99. The van der Waals surface area contributed by atoms with Crippen LogP contribution in [0.2, 0.25) is 0 Å². The molecule has 2 heterocycles. The molecule has 0 saturated carbocycles. The summed E-state index contributed by atoms with van der Waals surface area (Å²) >= 11 is 2.98. The molecular weight excluding hydrogens is 318 g/mol. The number of nitrogens with two attached hydrogens (primary N) is 1. The molecule has 5 nitrogen and oxygen atoms in total. The minimum atomic E-state index is -0.334. The number of fused-ring (bicyclic) bond motifs is 1. The van der Waals surface area contributed by atoms with E-state index in [2.05, 4.69) is 11.9 Å². The van der Waals surface area contributed by atoms with Gasteiger partial charge in [-0.1, -0.05) is 25.1 Å². The molecule has 2 aromatic rings. The van der Waals surface area contributed by atoms with E-state index in [1.807, 2.05) is 13.8 Å². The zero-order valence-corrected chi connectivity index (χ0v) is 14.8. The number of primary amides is 1. The number of hydrogen-bond acceptors (Lipinski definition) is 5. The minimum Gasteiger partial charge on any atom is -0.370 e. The number of rotatable bonds is 7. The van der Waals surface area contributed by atoms with Crippen LogP contribution < -0.4 is 11.3 Å². The van der Waals surface area contributed by atoms with Crippen LogP contribution in [0.5, 0.6) is 0 Å². The van der Waals surface area contributed by atoms with Gasteiger partial charge in [-0.2, -0.15) is 0 Å². The number of hydrogen-bond donors (Lipinski definition) is 1. The Morgan fingerprint density at radius 2 is 2.14 bits per heavy atom. The van der Waals surface area contributed by atoms with Crippen molar-refractivity contribution in [3.05, 3.63) is 20.8 Å². The number of thiophene rings is 1. The quantitative estimate of drug-likeness (QED) is 0.621. The van der Waals surface area contributed by atoms with Crippen LogP contribution in [0.15, 0.2) is 9.95 Å². The zero-order chi connectivity index (χ0) is 16.3. The predicted octanol–water partition coefficient (Wildman–Crippen LogP) is 2.84. The third kappa shape index (κ3) is 3.52. The van der Waals surface area contributed by atoms with Crippen LogP contribution in [0, 0.1) is 13.8 Å². The monoisotopic (exact) mass is 339 g/mol. The zero-order valence-electron chi connectivity index (χ0n) is 13.1. The molecule has 1 amide bonds. The first kappa shape index (κ1) is 17.0. The molecule has 0 aromatic carbocycles. The molecule has 2 aromatic heterocycles. The van der Waals surface area contributed by atoms with Crippen LogP contribution in [0.1, 0.15) is 36.6 Å². The number of thioether (sulfide) groups is 1. The maximum absolute atomic E-state index is 12.8. The van der Waals surface area contributed by atoms with Crippen molar-refractivity contribution in [2.45, 2.75) is 51.7 Å². The van der Waals surface area contributed by atoms with E-state index in [9.17, 15) is 9.59 Å². The molecule has 120 valence electrons. The number of aromatic nitrogens is 2. The topological polar surface area (TPSA) is 78.0 Å². The van der Waals surface area contributed by atoms with Gasteiger partial charge in [0.1, 0.15) is 4.83 Å². The lowest BCUT2D eigenvalue weighted by molar-refractivity contribution is -0.117. The molecule has 0 radical (unpaired) electrons. The van der Waals surface area contributed by atoms with Crippen molar-refractivity contribution in [3.8, 4) is 0 Å². The number of aryl methyl sites for hydroxylation is 2. The Morgan fingerprint density at radius 1 is 1.41 bits per heavy atom. The van der Waals surface area contributed by atoms with Crippen molar-refractivity contribution >= 4 is 39.2 Å². The number of carbonyl (C=O) groups excluding carboxylic acids is 1. The highest BCUT2D eigenvalue weighted by Crippen LogP contribution is 2.28. The van der Waals surface area contributed by atoms with Crippen molar-refractivity contribution < 1.29 is 4.79 Å². The Kier molecular flexibility index (Phi) is 5.63. The summed E-state index contributed by atoms with van der Waals surface area (Å²) in [5.74, 6) is 0.210. The number of nitrogens with zero attached hydrogens (tertiary/aromatic N) is 2. The molecule has 0 aliphatic heterocycles. The van der Waals surface area contributed by atoms with Crippen LogP contribution in [0.4, 0.5) is 0 Å². The lowest BCUT2D eigenvalue weighted by Crippen LogP contribution is -2.23. The molecule has 22 heavy (non-hydrogen) atoms. The summed E-state index contributed by atoms with van der Waals surface area (Å²) in [5.41, 5.74) is 6.23. The van der Waals surface area contributed by atoms with Crippen LogP contribution in [-0.2, 0) is 11.3 Å². The third-order valence-electron chi connectivity index (χ3n) is 3.57. The van der Waals surface area contributed by atoms with Gasteiger partial charge in [0.2, 0.25) is 5.91 Å². The van der Waals surface area contributed by atoms with Crippen LogP contribution >= 0.6 is 23.1 Å². The Bertz CT molecular complexity index is 749. The van der Waals surface area contributed by atoms with Crippen molar-refractivity contribution in [2.75, 3.05) is 5.75 Å². The van der Waals surface area contributed by atoms with Gasteiger partial charge in [0.15, 0.2) is 5.16 Å². The summed E-state index contributed by atoms with van der Waals surface area (Å²) in [7, 11) is 0. The summed E-state index contributed by atoms with van der Waals surface area (Å²) in [6.45, 7) is 6.74. The summed E-state index contributed by atoms with van der Waals surface area (Å²) in [4.78, 5) is 30.3. The van der Waals surface area contributed by atoms with E-state index in [1.165, 1.54) is 11.8 Å². The standard InChI is InChI=1S/C15H21N3O2S2/c1-4-5-7-18-14(20)12-9(2)10(3)22-13(12)17-15(18)21-8-6-11(16)19/h4-8H2,1-3H3,(H2,16,19). The van der Waals surface area contributed by atoms with E-state index >= 15 is 0 Å². The second-order valence-electron chi connectivity index (χ2n) is 5.23. The Balaban J connectivity index is 2.47. The number of amides is 1. The van der Waals surface area contributed by atoms with E-state index in [4.69, 9.17) is 5.73 Å². The molecule has 2 N–H and O–H groups in total. The van der Waals surface area contributed by atoms with Gasteiger partial charge in [0.05, 0.1) is 5.39 Å². The molecule has 2 rings (SSSR count). The maximum atomic E-state index is 12.8. The highest BCUT2D eigenvalue weighted by atomic mass is 32.2. The third-order valence-corrected chi connectivity index (χ3v) is 5.65. The Morgan fingerprint density at radius 3 is 2.77 bits per heavy atom. The van der Waals surface area contributed by atoms with Gasteiger partial charge in [-0.15, -0.1) is 11.3 Å². The first-order chi connectivity index (χ1) is 10.5. The lowest BCUT2D eigenvalue weighted by Gasteiger charge is -2.11. The van der Waals surface area contributed by atoms with Crippen LogP contribution in [-0.4, -0.2) is 21.2 Å². The normalized spacial score (nSPS) is 11.2. The Labute approximate surface area is 137 Å². The maximum Gasteiger partial charge on any atom is 0.263 e. The molecule has 0 bridgehead atoms. The molecule has 0 unspecified atom stereocenters. The van der Waals surface area contributed by atoms with E-state index in [0.717, 1.165) is 33.5 Å². The average Bonchev–Trinajstić information content (AvgIpc) is 2.73. The molecule has 7 heteroatoms. The molecule has 0 aliphatic rings. The number of carbonyl (C=O) groups is 1. The first-order valence-electron chi connectivity index (χ1n) is 7.37. The van der Waals surface area contributed by atoms with E-state index < -0.39 is 0 Å². The van der Waals surface area contributed by atoms with Crippen molar-refractivity contribution in [2.24, 2.45) is 5.73 Å². The van der Waals surface area contributed by atoms with Gasteiger partial charge in [-0.05, 0) is 25.8 Å². The van der Waals surface area contributed by atoms with Crippen molar-refractivity contribution in [1.82, 2.24) is 9.55 Å². The molecular formula is C15H21N3O2S2. The first-order valence-corrected chi connectivity index (χ1v) is 9.17. The summed E-state index contributed by atoms with van der Waals surface area (Å²) < 4.78 is 1.75. The Hall–Kier alpha value is -1.34. The van der Waals surface area contributed by atoms with Gasteiger partial charge < -0.3 is 5.73 Å². The van der Waals surface area contributed by atoms with E-state index in [-0.39, 0.29) is 17.9 Å². The predicted molar refractivity (Wildman–Crippen MR) is 92.8 cm³/mol. The fourth-order valence-corrected chi connectivity index (χ4v) is 4.22. The average molecular weight is 339 g/mol. The van der Waals surface area contributed by atoms with Gasteiger partial charge in [0, 0.05) is 23.6 Å². The largest absolute Gasteiger partial charge is 0.370 e. The highest BCUT2D eigenvalue weighted by Gasteiger charge is 2.16. The van der Waals surface area contributed by atoms with E-state index in [1.54, 1.807) is 15.9 Å². The fraction of sp³-hybridized carbons (Fsp3) is 0.533. The van der Waals surface area contributed by atoms with Crippen LogP contribution in [0.25, 0.3) is 10.2 Å². The molecule has 0 saturated heterocycles. The second kappa shape index (κ2) is 7.28. The lowest BCUT2D eigenvalue weighted by atomic mass is 10.2. The second-order valence-corrected chi connectivity index (χ2v) is 7.50. The van der Waals surface area contributed by atoms with E-state index in [0.29, 0.717) is 17.5 Å². The molecule has 0 atom stereocenters. The SMILES string of the molecule is CCCCn1c(SCCC(N)=O)nc2sc(C)c(C)c2c1=O. The van der Waals surface area contributed by atoms with Crippen molar-refractivity contribution in [1.29, 1.82) is 0 Å². The number of unbranched alkanes of at least 4 members (excludes halogenated alkanes) is 1. The fourth-order valence-electron chi connectivity index (χ4n) is 2.18. The smallest absolute Gasteiger partial charge is 0.263 e. The van der Waals surface area contributed by atoms with Gasteiger partial charge in [-0.25, -0.2) is 4.98 Å². The van der Waals surface area contributed by atoms with Gasteiger partial charge in [-0.3, -0.25) is 14.2 Å². The molecule has 0 aliphatic carbocycles. The van der Waals surface area contributed by atoms with Crippen LogP contribution in [0.3, 0.4) is 0 Å². The summed E-state index contributed by atoms with van der Waals surface area (Å²) in [5, 5.41) is 1.42. The summed E-state index contributed by atoms with van der Waals surface area (Å²) in [6, 6.07) is 0. The van der Waals surface area contributed by atoms with Crippen molar-refractivity contribution in [3.63, 3.8) is 0 Å². The van der Waals surface area contributed by atoms with Gasteiger partial charge in [0.25, 0.3) is 5.56 Å². The van der Waals surface area contributed by atoms with Gasteiger partial charge >= 0.3 is 0 Å². The molecule has 0 fully saturated rings.